The van der Waals surface area contributed by atoms with Gasteiger partial charge in [-0.2, -0.15) is 0 Å². The molecule has 0 aliphatic carbocycles. The maximum absolute atomic E-state index is 14.0. The van der Waals surface area contributed by atoms with E-state index in [9.17, 15) is 14.4 Å². The third-order valence-corrected chi connectivity index (χ3v) is 7.73. The number of aromatic amines is 1. The number of ether oxygens (including phenoxy) is 5. The number of imide groups is 1. The number of rotatable bonds is 7. The molecule has 3 aromatic rings. The van der Waals surface area contributed by atoms with Gasteiger partial charge in [0.1, 0.15) is 29.7 Å². The number of nitrogens with one attached hydrogen (secondary N) is 2. The van der Waals surface area contributed by atoms with Crippen LogP contribution in [0.2, 0.25) is 5.02 Å². The first kappa shape index (κ1) is 34.8. The molecule has 5 rings (SSSR count). The van der Waals surface area contributed by atoms with Crippen LogP contribution in [0.4, 0.5) is 21.0 Å². The van der Waals surface area contributed by atoms with Crippen molar-refractivity contribution >= 4 is 41.1 Å². The minimum absolute atomic E-state index is 0.120. The molecule has 48 heavy (non-hydrogen) atoms. The number of pyridine rings is 1. The molecule has 0 spiro atoms. The summed E-state index contributed by atoms with van der Waals surface area (Å²) < 4.78 is 28.8. The Hall–Kier alpha value is -4.49. The lowest BCUT2D eigenvalue weighted by Gasteiger charge is -2.34. The van der Waals surface area contributed by atoms with Crippen LogP contribution < -0.4 is 14.8 Å². The number of aromatic nitrogens is 2. The summed E-state index contributed by atoms with van der Waals surface area (Å²) in [6.07, 6.45) is 1.98. The molecule has 3 amide bonds. The Morgan fingerprint density at radius 1 is 1.08 bits per heavy atom. The SMILES string of the molecule is COc1c(Cl)cccc1Nc1c(-c2ccncc2OC[C@H]2CN(C(=O)OC(C)(C)C)CCO2)[nH]c2c1C(=O)N(C(=O)OC(C)(C)C)CC2. The molecule has 0 bridgehead atoms. The monoisotopic (exact) mass is 683 g/mol. The Kier molecular flexibility index (Phi) is 10.1. The number of hydrogen-bond acceptors (Lipinski definition) is 10. The van der Waals surface area contributed by atoms with E-state index in [4.69, 9.17) is 35.3 Å². The molecule has 2 N–H and O–H groups in total. The highest BCUT2D eigenvalue weighted by Crippen LogP contribution is 2.43. The van der Waals surface area contributed by atoms with Crippen LogP contribution >= 0.6 is 11.6 Å². The highest BCUT2D eigenvalue weighted by molar-refractivity contribution is 6.32. The molecule has 2 aromatic heterocycles. The van der Waals surface area contributed by atoms with Gasteiger partial charge in [-0.25, -0.2) is 14.5 Å². The van der Waals surface area contributed by atoms with Crippen LogP contribution in [0, 0.1) is 0 Å². The van der Waals surface area contributed by atoms with Crippen LogP contribution in [0.3, 0.4) is 0 Å². The third kappa shape index (κ3) is 7.96. The van der Waals surface area contributed by atoms with Gasteiger partial charge < -0.3 is 38.9 Å². The molecular formula is C34H42ClN5O8. The number of methoxy groups -OCH3 is 1. The summed E-state index contributed by atoms with van der Waals surface area (Å²) in [5.74, 6) is 0.264. The number of anilines is 2. The maximum Gasteiger partial charge on any atom is 0.417 e. The van der Waals surface area contributed by atoms with Crippen LogP contribution in [0.25, 0.3) is 11.3 Å². The summed E-state index contributed by atoms with van der Waals surface area (Å²) in [6, 6.07) is 6.98. The van der Waals surface area contributed by atoms with E-state index in [-0.39, 0.29) is 25.3 Å². The van der Waals surface area contributed by atoms with Crippen molar-refractivity contribution in [1.82, 2.24) is 19.8 Å². The van der Waals surface area contributed by atoms with Crippen molar-refractivity contribution in [3.8, 4) is 22.8 Å². The second kappa shape index (κ2) is 13.9. The van der Waals surface area contributed by atoms with E-state index in [1.807, 2.05) is 20.8 Å². The largest absolute Gasteiger partial charge is 0.493 e. The van der Waals surface area contributed by atoms with Gasteiger partial charge in [-0.05, 0) is 59.7 Å². The third-order valence-electron chi connectivity index (χ3n) is 7.44. The summed E-state index contributed by atoms with van der Waals surface area (Å²) in [4.78, 5) is 50.2. The van der Waals surface area contributed by atoms with Gasteiger partial charge in [0.25, 0.3) is 5.91 Å². The molecule has 4 heterocycles. The average molecular weight is 684 g/mol. The fraction of sp³-hybridized carbons (Fsp3) is 0.471. The molecule has 2 aliphatic heterocycles. The van der Waals surface area contributed by atoms with Gasteiger partial charge in [-0.1, -0.05) is 17.7 Å². The van der Waals surface area contributed by atoms with Gasteiger partial charge >= 0.3 is 12.2 Å². The number of nitrogens with zero attached hydrogens (tertiary/aromatic N) is 3. The lowest BCUT2D eigenvalue weighted by Crippen LogP contribution is -2.49. The fourth-order valence-electron chi connectivity index (χ4n) is 5.40. The normalized spacial score (nSPS) is 16.7. The molecule has 258 valence electrons. The molecule has 0 unspecified atom stereocenters. The van der Waals surface area contributed by atoms with E-state index in [0.29, 0.717) is 64.4 Å². The summed E-state index contributed by atoms with van der Waals surface area (Å²) in [7, 11) is 1.50. The second-order valence-corrected chi connectivity index (χ2v) is 13.9. The highest BCUT2D eigenvalue weighted by Gasteiger charge is 2.38. The quantitative estimate of drug-likeness (QED) is 0.286. The van der Waals surface area contributed by atoms with E-state index in [0.717, 1.165) is 4.90 Å². The number of amides is 3. The van der Waals surface area contributed by atoms with Gasteiger partial charge in [-0.3, -0.25) is 9.78 Å². The molecule has 1 saturated heterocycles. The van der Waals surface area contributed by atoms with Crippen molar-refractivity contribution < 1.29 is 38.1 Å². The molecule has 1 aromatic carbocycles. The van der Waals surface area contributed by atoms with Crippen molar-refractivity contribution in [2.45, 2.75) is 65.3 Å². The summed E-state index contributed by atoms with van der Waals surface area (Å²) in [5, 5.41) is 3.72. The smallest absolute Gasteiger partial charge is 0.417 e. The van der Waals surface area contributed by atoms with E-state index in [2.05, 4.69) is 15.3 Å². The topological polar surface area (TPSA) is 145 Å². The zero-order valence-corrected chi connectivity index (χ0v) is 29.0. The Morgan fingerprint density at radius 3 is 2.52 bits per heavy atom. The zero-order chi connectivity index (χ0) is 34.8. The van der Waals surface area contributed by atoms with Crippen molar-refractivity contribution in [1.29, 1.82) is 0 Å². The van der Waals surface area contributed by atoms with Gasteiger partial charge in [0.2, 0.25) is 0 Å². The minimum atomic E-state index is -0.786. The van der Waals surface area contributed by atoms with E-state index in [1.165, 1.54) is 7.11 Å². The van der Waals surface area contributed by atoms with E-state index >= 15 is 0 Å². The molecule has 1 fully saturated rings. The van der Waals surface area contributed by atoms with Crippen molar-refractivity contribution in [3.63, 3.8) is 0 Å². The lowest BCUT2D eigenvalue weighted by molar-refractivity contribution is -0.0556. The molecule has 0 saturated carbocycles. The van der Waals surface area contributed by atoms with E-state index in [1.54, 1.807) is 62.3 Å². The highest BCUT2D eigenvalue weighted by atomic mass is 35.5. The van der Waals surface area contributed by atoms with Crippen LogP contribution in [0.1, 0.15) is 57.6 Å². The molecular weight excluding hydrogens is 642 g/mol. The van der Waals surface area contributed by atoms with Gasteiger partial charge in [0.05, 0.1) is 54.1 Å². The first-order chi connectivity index (χ1) is 22.6. The van der Waals surface area contributed by atoms with Crippen LogP contribution in [0.15, 0.2) is 36.7 Å². The fourth-order valence-corrected chi connectivity index (χ4v) is 5.65. The number of carbonyl (C=O) groups is 3. The average Bonchev–Trinajstić information content (AvgIpc) is 3.37. The van der Waals surface area contributed by atoms with Crippen molar-refractivity contribution in [2.75, 3.05) is 45.3 Å². The van der Waals surface area contributed by atoms with Gasteiger partial charge in [-0.15, -0.1) is 0 Å². The molecule has 13 nitrogen and oxygen atoms in total. The first-order valence-corrected chi connectivity index (χ1v) is 16.1. The predicted octanol–water partition coefficient (Wildman–Crippen LogP) is 6.43. The number of fused-ring (bicyclic) bond motifs is 1. The minimum Gasteiger partial charge on any atom is -0.493 e. The first-order valence-electron chi connectivity index (χ1n) is 15.7. The standard InChI is InChI=1S/C34H42ClN5O8/c1-33(2,3)47-31(42)39-15-16-45-20(18-39)19-46-25-17-36-13-11-21(25)27-28(38-24-10-8-9-22(35)29(24)44-7)26-23(37-27)12-14-40(30(26)41)32(43)48-34(4,5)6/h8-11,13,17,20,37-38H,12,14-16,18-19H2,1-7H3/t20-/m1/s1. The Bertz CT molecular complexity index is 1680. The van der Waals surface area contributed by atoms with Crippen molar-refractivity contribution in [3.05, 3.63) is 52.9 Å². The second-order valence-electron chi connectivity index (χ2n) is 13.5. The Labute approximate surface area is 284 Å². The summed E-state index contributed by atoms with van der Waals surface area (Å²) in [6.45, 7) is 12.0. The predicted molar refractivity (Wildman–Crippen MR) is 179 cm³/mol. The molecule has 1 atom stereocenters. The summed E-state index contributed by atoms with van der Waals surface area (Å²) in [5.41, 5.74) is 1.52. The number of hydrogen-bond donors (Lipinski definition) is 2. The maximum atomic E-state index is 14.0. The zero-order valence-electron chi connectivity index (χ0n) is 28.3. The summed E-state index contributed by atoms with van der Waals surface area (Å²) >= 11 is 6.44. The van der Waals surface area contributed by atoms with Crippen LogP contribution in [-0.4, -0.2) is 95.1 Å². The Balaban J connectivity index is 1.48. The number of benzene rings is 1. The van der Waals surface area contributed by atoms with Gasteiger partial charge in [0.15, 0.2) is 5.75 Å². The number of halogens is 1. The van der Waals surface area contributed by atoms with Crippen LogP contribution in [0.5, 0.6) is 11.5 Å². The van der Waals surface area contributed by atoms with E-state index < -0.39 is 35.4 Å². The Morgan fingerprint density at radius 2 is 1.81 bits per heavy atom. The van der Waals surface area contributed by atoms with Crippen LogP contribution in [-0.2, 0) is 20.6 Å². The molecule has 0 radical (unpaired) electrons. The van der Waals surface area contributed by atoms with Crippen molar-refractivity contribution in [2.24, 2.45) is 0 Å². The molecule has 14 heteroatoms. The molecule has 2 aliphatic rings. The number of morpholine rings is 1. The number of carbonyl (C=O) groups excluding carboxylic acids is 3. The lowest BCUT2D eigenvalue weighted by atomic mass is 10.0. The number of H-pyrrole nitrogens is 1. The van der Waals surface area contributed by atoms with Gasteiger partial charge in [0, 0.05) is 37.0 Å². The number of para-hydroxylation sites is 1.